The minimum absolute atomic E-state index is 0.244. The van der Waals surface area contributed by atoms with Crippen LogP contribution in [0.5, 0.6) is 0 Å². The lowest BCUT2D eigenvalue weighted by Gasteiger charge is -2.08. The number of oxazole rings is 1. The second kappa shape index (κ2) is 7.15. The zero-order valence-corrected chi connectivity index (χ0v) is 16.6. The Balaban J connectivity index is 1.47. The molecule has 0 saturated heterocycles. The number of nitrogens with one attached hydrogen (secondary N) is 1. The van der Waals surface area contributed by atoms with Crippen LogP contribution in [-0.2, 0) is 0 Å². The van der Waals surface area contributed by atoms with E-state index in [0.717, 1.165) is 45.2 Å². The van der Waals surface area contributed by atoms with Crippen molar-refractivity contribution in [1.82, 2.24) is 14.4 Å². The summed E-state index contributed by atoms with van der Waals surface area (Å²) in [5, 5.41) is 3.43. The molecule has 0 atom stereocenters. The van der Waals surface area contributed by atoms with Crippen LogP contribution in [0.15, 0.2) is 77.6 Å². The zero-order chi connectivity index (χ0) is 20.7. The summed E-state index contributed by atoms with van der Waals surface area (Å²) < 4.78 is 21.0. The van der Waals surface area contributed by atoms with Gasteiger partial charge in [-0.2, -0.15) is 0 Å². The van der Waals surface area contributed by atoms with Crippen LogP contribution in [0.4, 0.5) is 15.8 Å². The number of fused-ring (bicyclic) bond motifs is 1. The van der Waals surface area contributed by atoms with Gasteiger partial charge in [0.2, 0.25) is 0 Å². The fraction of sp³-hybridized carbons (Fsp3) is 0.0833. The largest absolute Gasteiger partial charge is 0.441 e. The first kappa shape index (κ1) is 18.1. The average molecular weight is 398 g/mol. The predicted octanol–water partition coefficient (Wildman–Crippen LogP) is 6.16. The van der Waals surface area contributed by atoms with Crippen molar-refractivity contribution in [2.24, 2.45) is 0 Å². The Bertz CT molecular complexity index is 1350. The Kier molecular flexibility index (Phi) is 4.32. The second-order valence-electron chi connectivity index (χ2n) is 7.18. The third-order valence-electron chi connectivity index (χ3n) is 5.02. The summed E-state index contributed by atoms with van der Waals surface area (Å²) in [4.78, 5) is 8.93. The standard InChI is InChI=1S/C24H19FN4O/c1-15-12-18(25)7-10-20(15)22-14-29-11-3-4-21(24(29)28-22)27-19-8-5-17(6-9-19)23-13-26-16(2)30-23/h3-14,27H,1-2H3. The highest BCUT2D eigenvalue weighted by Crippen LogP contribution is 2.29. The fourth-order valence-electron chi connectivity index (χ4n) is 3.52. The molecule has 0 aliphatic heterocycles. The topological polar surface area (TPSA) is 55.4 Å². The van der Waals surface area contributed by atoms with E-state index in [2.05, 4.69) is 10.3 Å². The molecule has 0 fully saturated rings. The number of rotatable bonds is 4. The van der Waals surface area contributed by atoms with E-state index in [0.29, 0.717) is 5.89 Å². The third-order valence-corrected chi connectivity index (χ3v) is 5.02. The number of aryl methyl sites for hydroxylation is 2. The van der Waals surface area contributed by atoms with Gasteiger partial charge in [-0.25, -0.2) is 14.4 Å². The van der Waals surface area contributed by atoms with Crippen molar-refractivity contribution in [2.45, 2.75) is 13.8 Å². The van der Waals surface area contributed by atoms with Crippen LogP contribution in [0.2, 0.25) is 0 Å². The summed E-state index contributed by atoms with van der Waals surface area (Å²) in [6, 6.07) is 16.7. The molecule has 0 unspecified atom stereocenters. The van der Waals surface area contributed by atoms with Crippen molar-refractivity contribution in [3.8, 4) is 22.6 Å². The van der Waals surface area contributed by atoms with Crippen molar-refractivity contribution in [3.05, 3.63) is 90.5 Å². The van der Waals surface area contributed by atoms with Gasteiger partial charge in [0.15, 0.2) is 17.3 Å². The van der Waals surface area contributed by atoms with Crippen LogP contribution >= 0.6 is 0 Å². The summed E-state index contributed by atoms with van der Waals surface area (Å²) >= 11 is 0. The molecule has 5 rings (SSSR count). The molecule has 2 aromatic carbocycles. The molecule has 0 spiro atoms. The lowest BCUT2D eigenvalue weighted by Crippen LogP contribution is -1.94. The molecule has 30 heavy (non-hydrogen) atoms. The highest BCUT2D eigenvalue weighted by Gasteiger charge is 2.11. The highest BCUT2D eigenvalue weighted by molar-refractivity contribution is 5.78. The van der Waals surface area contributed by atoms with Crippen LogP contribution in [0, 0.1) is 19.7 Å². The van der Waals surface area contributed by atoms with Gasteiger partial charge in [-0.15, -0.1) is 0 Å². The Morgan fingerprint density at radius 1 is 1.03 bits per heavy atom. The maximum Gasteiger partial charge on any atom is 0.191 e. The normalized spacial score (nSPS) is 11.2. The van der Waals surface area contributed by atoms with Crippen LogP contribution in [0.1, 0.15) is 11.5 Å². The first-order chi connectivity index (χ1) is 14.6. The average Bonchev–Trinajstić information content (AvgIpc) is 3.35. The molecule has 5 nitrogen and oxygen atoms in total. The summed E-state index contributed by atoms with van der Waals surface area (Å²) in [6.07, 6.45) is 5.63. The highest BCUT2D eigenvalue weighted by atomic mass is 19.1. The van der Waals surface area contributed by atoms with Gasteiger partial charge < -0.3 is 14.1 Å². The van der Waals surface area contributed by atoms with Gasteiger partial charge in [-0.3, -0.25) is 0 Å². The number of hydrogen-bond acceptors (Lipinski definition) is 4. The molecule has 0 radical (unpaired) electrons. The summed E-state index contributed by atoms with van der Waals surface area (Å²) in [5.74, 6) is 1.14. The monoisotopic (exact) mass is 398 g/mol. The Morgan fingerprint density at radius 2 is 1.87 bits per heavy atom. The van der Waals surface area contributed by atoms with Crippen molar-refractivity contribution < 1.29 is 8.81 Å². The second-order valence-corrected chi connectivity index (χ2v) is 7.18. The van der Waals surface area contributed by atoms with Crippen molar-refractivity contribution >= 4 is 17.0 Å². The molecule has 0 amide bonds. The first-order valence-corrected chi connectivity index (χ1v) is 9.61. The molecule has 5 aromatic rings. The predicted molar refractivity (Wildman–Crippen MR) is 115 cm³/mol. The fourth-order valence-corrected chi connectivity index (χ4v) is 3.52. The van der Waals surface area contributed by atoms with Gasteiger partial charge in [-0.1, -0.05) is 0 Å². The Morgan fingerprint density at radius 3 is 2.60 bits per heavy atom. The summed E-state index contributed by atoms with van der Waals surface area (Å²) in [7, 11) is 0. The molecule has 0 aliphatic carbocycles. The van der Waals surface area contributed by atoms with Crippen molar-refractivity contribution in [2.75, 3.05) is 5.32 Å². The molecule has 6 heteroatoms. The number of halogens is 1. The molecule has 148 valence electrons. The number of benzene rings is 2. The lowest BCUT2D eigenvalue weighted by atomic mass is 10.1. The maximum absolute atomic E-state index is 13.5. The van der Waals surface area contributed by atoms with Gasteiger partial charge in [-0.05, 0) is 67.1 Å². The van der Waals surface area contributed by atoms with E-state index in [1.54, 1.807) is 12.3 Å². The molecule has 3 heterocycles. The van der Waals surface area contributed by atoms with Crippen LogP contribution in [0.3, 0.4) is 0 Å². The van der Waals surface area contributed by atoms with Gasteiger partial charge in [0.05, 0.1) is 17.6 Å². The smallest absolute Gasteiger partial charge is 0.191 e. The van der Waals surface area contributed by atoms with Gasteiger partial charge >= 0.3 is 0 Å². The van der Waals surface area contributed by atoms with E-state index in [1.165, 1.54) is 12.1 Å². The van der Waals surface area contributed by atoms with Crippen LogP contribution < -0.4 is 5.32 Å². The number of hydrogen-bond donors (Lipinski definition) is 1. The van der Waals surface area contributed by atoms with Gasteiger partial charge in [0, 0.05) is 36.1 Å². The number of nitrogens with zero attached hydrogens (tertiary/aromatic N) is 3. The quantitative estimate of drug-likeness (QED) is 0.394. The van der Waals surface area contributed by atoms with Crippen molar-refractivity contribution in [3.63, 3.8) is 0 Å². The van der Waals surface area contributed by atoms with Crippen LogP contribution in [0.25, 0.3) is 28.2 Å². The molecule has 0 saturated carbocycles. The lowest BCUT2D eigenvalue weighted by molar-refractivity contribution is 0.534. The number of aromatic nitrogens is 3. The first-order valence-electron chi connectivity index (χ1n) is 9.61. The van der Waals surface area contributed by atoms with E-state index in [9.17, 15) is 4.39 Å². The molecule has 1 N–H and O–H groups in total. The maximum atomic E-state index is 13.5. The summed E-state index contributed by atoms with van der Waals surface area (Å²) in [5.41, 5.74) is 6.15. The van der Waals surface area contributed by atoms with E-state index in [1.807, 2.05) is 67.0 Å². The number of pyridine rings is 1. The van der Waals surface area contributed by atoms with E-state index in [-0.39, 0.29) is 5.82 Å². The van der Waals surface area contributed by atoms with Gasteiger partial charge in [0.1, 0.15) is 5.82 Å². The Hall–Kier alpha value is -3.93. The number of anilines is 2. The zero-order valence-electron chi connectivity index (χ0n) is 16.6. The third kappa shape index (κ3) is 3.33. The Labute approximate surface area is 172 Å². The van der Waals surface area contributed by atoms with Gasteiger partial charge in [0.25, 0.3) is 0 Å². The molecular formula is C24H19FN4O. The summed E-state index contributed by atoms with van der Waals surface area (Å²) in [6.45, 7) is 3.71. The minimum atomic E-state index is -0.244. The minimum Gasteiger partial charge on any atom is -0.441 e. The van der Waals surface area contributed by atoms with Crippen LogP contribution in [-0.4, -0.2) is 14.4 Å². The molecule has 0 aliphatic rings. The number of imidazole rings is 1. The van der Waals surface area contributed by atoms with E-state index in [4.69, 9.17) is 9.40 Å². The molecule has 0 bridgehead atoms. The van der Waals surface area contributed by atoms with E-state index >= 15 is 0 Å². The molecular weight excluding hydrogens is 379 g/mol. The molecule has 3 aromatic heterocycles. The SMILES string of the molecule is Cc1ncc(-c2ccc(Nc3cccn4cc(-c5ccc(F)cc5C)nc34)cc2)o1. The van der Waals surface area contributed by atoms with Crippen molar-refractivity contribution in [1.29, 1.82) is 0 Å². The van der Waals surface area contributed by atoms with E-state index < -0.39 is 0 Å².